The van der Waals surface area contributed by atoms with Crippen LogP contribution in [0.25, 0.3) is 10.8 Å². The van der Waals surface area contributed by atoms with Crippen LogP contribution in [0.3, 0.4) is 0 Å². The first-order valence-electron chi connectivity index (χ1n) is 6.69. The lowest BCUT2D eigenvalue weighted by atomic mass is 9.94. The lowest BCUT2D eigenvalue weighted by molar-refractivity contribution is 0.221. The molecule has 0 heterocycles. The van der Waals surface area contributed by atoms with Crippen LogP contribution in [0, 0.1) is 12.7 Å². The first-order valence-corrected chi connectivity index (χ1v) is 7.48. The summed E-state index contributed by atoms with van der Waals surface area (Å²) in [6.07, 6.45) is -0.800. The number of aliphatic hydroxyl groups excluding tert-OH is 1. The van der Waals surface area contributed by atoms with E-state index in [-0.39, 0.29) is 5.82 Å². The van der Waals surface area contributed by atoms with Gasteiger partial charge in [-0.05, 0) is 46.5 Å². The summed E-state index contributed by atoms with van der Waals surface area (Å²) in [6, 6.07) is 16.2. The zero-order valence-electron chi connectivity index (χ0n) is 11.5. The van der Waals surface area contributed by atoms with Gasteiger partial charge in [-0.1, -0.05) is 58.4 Å². The third-order valence-corrected chi connectivity index (χ3v) is 4.41. The lowest BCUT2D eigenvalue weighted by Gasteiger charge is -2.17. The SMILES string of the molecule is Cc1ccc(C(O)c2ccc(F)cc2Br)c2ccccc12. The minimum atomic E-state index is -0.800. The Morgan fingerprint density at radius 2 is 1.62 bits per heavy atom. The Labute approximate surface area is 131 Å². The summed E-state index contributed by atoms with van der Waals surface area (Å²) in [4.78, 5) is 0. The molecule has 0 fully saturated rings. The first-order chi connectivity index (χ1) is 10.1. The van der Waals surface area contributed by atoms with Crippen LogP contribution in [0.4, 0.5) is 4.39 Å². The third kappa shape index (κ3) is 2.59. The third-order valence-electron chi connectivity index (χ3n) is 3.73. The summed E-state index contributed by atoms with van der Waals surface area (Å²) in [6.45, 7) is 2.05. The molecule has 1 N–H and O–H groups in total. The molecule has 0 bridgehead atoms. The Balaban J connectivity index is 2.18. The smallest absolute Gasteiger partial charge is 0.124 e. The average molecular weight is 345 g/mol. The van der Waals surface area contributed by atoms with Crippen LogP contribution < -0.4 is 0 Å². The number of halogens is 2. The maximum Gasteiger partial charge on any atom is 0.124 e. The van der Waals surface area contributed by atoms with Gasteiger partial charge in [0.05, 0.1) is 0 Å². The van der Waals surface area contributed by atoms with Crippen LogP contribution in [0.2, 0.25) is 0 Å². The van der Waals surface area contributed by atoms with Crippen molar-refractivity contribution in [2.24, 2.45) is 0 Å². The van der Waals surface area contributed by atoms with Crippen molar-refractivity contribution in [2.75, 3.05) is 0 Å². The second kappa shape index (κ2) is 5.58. The quantitative estimate of drug-likeness (QED) is 0.683. The fourth-order valence-electron chi connectivity index (χ4n) is 2.60. The van der Waals surface area contributed by atoms with Crippen molar-refractivity contribution in [3.8, 4) is 0 Å². The lowest BCUT2D eigenvalue weighted by Crippen LogP contribution is -2.02. The van der Waals surface area contributed by atoms with Crippen LogP contribution in [-0.4, -0.2) is 5.11 Å². The van der Waals surface area contributed by atoms with Crippen molar-refractivity contribution >= 4 is 26.7 Å². The van der Waals surface area contributed by atoms with E-state index in [1.807, 2.05) is 43.3 Å². The van der Waals surface area contributed by atoms with E-state index in [9.17, 15) is 9.50 Å². The van der Waals surface area contributed by atoms with E-state index in [1.165, 1.54) is 17.7 Å². The van der Waals surface area contributed by atoms with Crippen molar-refractivity contribution in [3.63, 3.8) is 0 Å². The number of hydrogen-bond acceptors (Lipinski definition) is 1. The van der Waals surface area contributed by atoms with E-state index in [0.29, 0.717) is 10.0 Å². The van der Waals surface area contributed by atoms with Gasteiger partial charge in [-0.15, -0.1) is 0 Å². The van der Waals surface area contributed by atoms with Crippen molar-refractivity contribution in [1.82, 2.24) is 0 Å². The van der Waals surface area contributed by atoms with Crippen molar-refractivity contribution in [3.05, 3.63) is 81.6 Å². The summed E-state index contributed by atoms with van der Waals surface area (Å²) in [5.41, 5.74) is 2.65. The summed E-state index contributed by atoms with van der Waals surface area (Å²) < 4.78 is 13.8. The number of rotatable bonds is 2. The standard InChI is InChI=1S/C18H14BrFO/c1-11-6-8-15(14-5-3-2-4-13(11)14)18(21)16-9-7-12(20)10-17(16)19/h2-10,18,21H,1H3. The summed E-state index contributed by atoms with van der Waals surface area (Å²) in [5, 5.41) is 12.8. The molecular formula is C18H14BrFO. The number of fused-ring (bicyclic) bond motifs is 1. The molecule has 1 atom stereocenters. The molecule has 3 aromatic carbocycles. The van der Waals surface area contributed by atoms with Crippen LogP contribution in [0.15, 0.2) is 59.1 Å². The van der Waals surface area contributed by atoms with Gasteiger partial charge in [-0.2, -0.15) is 0 Å². The van der Waals surface area contributed by atoms with Crippen molar-refractivity contribution < 1.29 is 9.50 Å². The monoisotopic (exact) mass is 344 g/mol. The zero-order valence-corrected chi connectivity index (χ0v) is 13.1. The van der Waals surface area contributed by atoms with Gasteiger partial charge in [0.15, 0.2) is 0 Å². The van der Waals surface area contributed by atoms with E-state index in [0.717, 1.165) is 16.3 Å². The molecule has 3 heteroatoms. The minimum absolute atomic E-state index is 0.327. The van der Waals surface area contributed by atoms with Gasteiger partial charge in [-0.3, -0.25) is 0 Å². The molecule has 3 aromatic rings. The molecule has 106 valence electrons. The van der Waals surface area contributed by atoms with Gasteiger partial charge >= 0.3 is 0 Å². The molecule has 1 nitrogen and oxygen atoms in total. The average Bonchev–Trinajstić information content (AvgIpc) is 2.47. The molecule has 0 aliphatic carbocycles. The number of benzene rings is 3. The molecule has 0 aliphatic rings. The number of aryl methyl sites for hydroxylation is 1. The van der Waals surface area contributed by atoms with E-state index < -0.39 is 6.10 Å². The van der Waals surface area contributed by atoms with E-state index in [2.05, 4.69) is 15.9 Å². The van der Waals surface area contributed by atoms with Gasteiger partial charge < -0.3 is 5.11 Å². The zero-order chi connectivity index (χ0) is 15.0. The van der Waals surface area contributed by atoms with Crippen LogP contribution in [0.5, 0.6) is 0 Å². The maximum atomic E-state index is 13.2. The van der Waals surface area contributed by atoms with Gasteiger partial charge in [0.2, 0.25) is 0 Å². The highest BCUT2D eigenvalue weighted by molar-refractivity contribution is 9.10. The molecule has 1 unspecified atom stereocenters. The van der Waals surface area contributed by atoms with Gasteiger partial charge in [0, 0.05) is 4.47 Å². The second-order valence-electron chi connectivity index (χ2n) is 5.09. The number of aliphatic hydroxyl groups is 1. The maximum absolute atomic E-state index is 13.2. The topological polar surface area (TPSA) is 20.2 Å². The van der Waals surface area contributed by atoms with Gasteiger partial charge in [0.25, 0.3) is 0 Å². The highest BCUT2D eigenvalue weighted by atomic mass is 79.9. The minimum Gasteiger partial charge on any atom is -0.384 e. The molecule has 0 spiro atoms. The summed E-state index contributed by atoms with van der Waals surface area (Å²) >= 11 is 3.32. The molecule has 0 aliphatic heterocycles. The largest absolute Gasteiger partial charge is 0.384 e. The summed E-state index contributed by atoms with van der Waals surface area (Å²) in [5.74, 6) is -0.327. The van der Waals surface area contributed by atoms with Crippen molar-refractivity contribution in [1.29, 1.82) is 0 Å². The molecule has 0 aromatic heterocycles. The molecule has 0 saturated heterocycles. The molecule has 0 radical (unpaired) electrons. The van der Waals surface area contributed by atoms with E-state index in [1.54, 1.807) is 6.07 Å². The highest BCUT2D eigenvalue weighted by Gasteiger charge is 2.17. The van der Waals surface area contributed by atoms with E-state index >= 15 is 0 Å². The Hall–Kier alpha value is -1.71. The van der Waals surface area contributed by atoms with Gasteiger partial charge in [0.1, 0.15) is 11.9 Å². The summed E-state index contributed by atoms with van der Waals surface area (Å²) in [7, 11) is 0. The number of hydrogen-bond donors (Lipinski definition) is 1. The first kappa shape index (κ1) is 14.2. The second-order valence-corrected chi connectivity index (χ2v) is 5.94. The highest BCUT2D eigenvalue weighted by Crippen LogP contribution is 2.34. The molecule has 21 heavy (non-hydrogen) atoms. The molecule has 3 rings (SSSR count). The fourth-order valence-corrected chi connectivity index (χ4v) is 3.17. The Kier molecular flexibility index (Phi) is 3.79. The van der Waals surface area contributed by atoms with Crippen LogP contribution >= 0.6 is 15.9 Å². The Morgan fingerprint density at radius 1 is 0.952 bits per heavy atom. The Morgan fingerprint density at radius 3 is 2.33 bits per heavy atom. The van der Waals surface area contributed by atoms with Crippen LogP contribution in [-0.2, 0) is 0 Å². The normalized spacial score (nSPS) is 12.6. The Bertz CT molecular complexity index is 813. The fraction of sp³-hybridized carbons (Fsp3) is 0.111. The predicted molar refractivity (Wildman–Crippen MR) is 86.8 cm³/mol. The molecule has 0 saturated carbocycles. The van der Waals surface area contributed by atoms with Crippen LogP contribution in [0.1, 0.15) is 22.8 Å². The molecule has 0 amide bonds. The van der Waals surface area contributed by atoms with Crippen molar-refractivity contribution in [2.45, 2.75) is 13.0 Å². The molecular weight excluding hydrogens is 331 g/mol. The predicted octanol–water partition coefficient (Wildman–Crippen LogP) is 5.13. The van der Waals surface area contributed by atoms with E-state index in [4.69, 9.17) is 0 Å². The van der Waals surface area contributed by atoms with Gasteiger partial charge in [-0.25, -0.2) is 4.39 Å².